The van der Waals surface area contributed by atoms with Gasteiger partial charge in [0.2, 0.25) is 17.7 Å². The molecule has 3 saturated heterocycles. The largest absolute Gasteiger partial charge is 0.457 e. The number of carbonyl (C=O) groups is 6. The van der Waals surface area contributed by atoms with Crippen LogP contribution in [0, 0.1) is 17.5 Å². The third-order valence-corrected chi connectivity index (χ3v) is 18.2. The summed E-state index contributed by atoms with van der Waals surface area (Å²) in [5.74, 6) is -0.455. The van der Waals surface area contributed by atoms with E-state index in [0.717, 1.165) is 0 Å². The Morgan fingerprint density at radius 3 is 0.769 bits per heavy atom. The molecule has 9 aromatic carbocycles. The van der Waals surface area contributed by atoms with Gasteiger partial charge in [-0.05, 0) is 183 Å². The van der Waals surface area contributed by atoms with Gasteiger partial charge in [-0.2, -0.15) is 0 Å². The highest BCUT2D eigenvalue weighted by Crippen LogP contribution is 2.37. The number of hydrogen-bond donors (Lipinski definition) is 3. The second-order valence-corrected chi connectivity index (χ2v) is 26.0. The molecule has 0 bridgehead atoms. The molecule has 6 atom stereocenters. The van der Waals surface area contributed by atoms with Crippen molar-refractivity contribution < 1.29 is 56.1 Å². The molecule has 108 heavy (non-hydrogen) atoms. The average Bonchev–Trinajstić information content (AvgIpc) is 0.797. The van der Waals surface area contributed by atoms with Crippen molar-refractivity contribution in [2.45, 2.75) is 57.0 Å². The summed E-state index contributed by atoms with van der Waals surface area (Å²) >= 11 is 18.0. The molecular formula is C81H84Cl6F3N9O9. The lowest BCUT2D eigenvalue weighted by Gasteiger charge is -2.38. The molecule has 0 aliphatic carbocycles. The number of para-hydroxylation sites is 3. The van der Waals surface area contributed by atoms with Crippen molar-refractivity contribution in [2.75, 3.05) is 91.2 Å². The summed E-state index contributed by atoms with van der Waals surface area (Å²) in [5, 5.41) is 9.94. The number of alkyl halides is 3. The maximum Gasteiger partial charge on any atom is 0.250 e. The van der Waals surface area contributed by atoms with Crippen molar-refractivity contribution in [3.05, 3.63) is 271 Å². The summed E-state index contributed by atoms with van der Waals surface area (Å²) < 4.78 is 58.7. The van der Waals surface area contributed by atoms with E-state index in [0.29, 0.717) is 127 Å². The Hall–Kier alpha value is -9.39. The lowest BCUT2D eigenvalue weighted by Crippen LogP contribution is -2.55. The Bertz CT molecular complexity index is 3880. The van der Waals surface area contributed by atoms with Crippen LogP contribution in [-0.2, 0) is 28.8 Å². The summed E-state index contributed by atoms with van der Waals surface area (Å²) in [6.45, 7) is 11.0. The van der Waals surface area contributed by atoms with Gasteiger partial charge in [-0.3, -0.25) is 43.5 Å². The van der Waals surface area contributed by atoms with E-state index in [4.69, 9.17) is 49.0 Å². The molecule has 3 aliphatic rings. The number of carbonyl (C=O) groups excluding carboxylic acids is 6. The highest BCUT2D eigenvalue weighted by atomic mass is 35.5. The molecule has 27 heteroatoms. The lowest BCUT2D eigenvalue weighted by molar-refractivity contribution is -0.136. The first kappa shape index (κ1) is 85.9. The second kappa shape index (κ2) is 42.4. The van der Waals surface area contributed by atoms with Gasteiger partial charge in [0, 0.05) is 94.1 Å². The summed E-state index contributed by atoms with van der Waals surface area (Å²) in [7, 11) is 0. The minimum Gasteiger partial charge on any atom is -0.457 e. The van der Waals surface area contributed by atoms with Crippen molar-refractivity contribution in [2.24, 2.45) is 0 Å². The Morgan fingerprint density at radius 1 is 0.352 bits per heavy atom. The molecular weight excluding hydrogens is 1510 g/mol. The van der Waals surface area contributed by atoms with Gasteiger partial charge in [0.15, 0.2) is 0 Å². The maximum atomic E-state index is 13.8. The molecule has 3 heterocycles. The molecule has 3 fully saturated rings. The molecule has 0 saturated carbocycles. The van der Waals surface area contributed by atoms with E-state index in [9.17, 15) is 41.9 Å². The molecule has 6 amide bonds. The van der Waals surface area contributed by atoms with E-state index in [1.807, 2.05) is 112 Å². The lowest BCUT2D eigenvalue weighted by atomic mass is 10.0. The van der Waals surface area contributed by atoms with Crippen LogP contribution in [0.1, 0.15) is 55.6 Å². The van der Waals surface area contributed by atoms with Gasteiger partial charge in [0.1, 0.15) is 87.7 Å². The Morgan fingerprint density at radius 2 is 0.565 bits per heavy atom. The monoisotopic (exact) mass is 1590 g/mol. The maximum absolute atomic E-state index is 13.8. The van der Waals surface area contributed by atoms with Crippen molar-refractivity contribution in [3.63, 3.8) is 0 Å². The fraction of sp³-hybridized carbons (Fsp3) is 0.259. The summed E-state index contributed by atoms with van der Waals surface area (Å²) in [6.07, 6.45) is 0. The predicted octanol–water partition coefficient (Wildman–Crippen LogP) is 15.5. The molecule has 0 unspecified atom stereocenters. The number of benzene rings is 9. The van der Waals surface area contributed by atoms with Gasteiger partial charge >= 0.3 is 0 Å². The van der Waals surface area contributed by atoms with Crippen LogP contribution in [-0.4, -0.2) is 145 Å². The van der Waals surface area contributed by atoms with Gasteiger partial charge in [0.25, 0.3) is 17.7 Å². The van der Waals surface area contributed by atoms with Gasteiger partial charge in [0.05, 0.1) is 0 Å². The van der Waals surface area contributed by atoms with Crippen molar-refractivity contribution in [1.82, 2.24) is 30.7 Å². The first-order valence-electron chi connectivity index (χ1n) is 34.3. The Balaban J connectivity index is 0.000000223. The number of anilines is 3. The number of nitrogens with one attached hydrogen (secondary N) is 3. The minimum atomic E-state index is -0.993. The van der Waals surface area contributed by atoms with Gasteiger partial charge in [-0.25, -0.2) is 13.2 Å². The number of ether oxygens (including phenoxy) is 3. The first-order valence-corrected chi connectivity index (χ1v) is 35.9. The fourth-order valence-corrected chi connectivity index (χ4v) is 12.8. The molecule has 0 radical (unpaired) electrons. The third-order valence-electron chi connectivity index (χ3n) is 17.5. The van der Waals surface area contributed by atoms with Crippen LogP contribution in [0.25, 0.3) is 0 Å². The van der Waals surface area contributed by atoms with Gasteiger partial charge < -0.3 is 44.9 Å². The zero-order chi connectivity index (χ0) is 74.4. The standard InChI is InChI=1S/3C27H27ClFN3O3.3ClH/c3*1-19-18-31(16-15-30-19)27(34)26(20-7-9-21(29)10-8-20)32(25(33)17-28)22-11-13-24(14-12-22)35-23-5-3-2-4-6-23;;;/h3*2-14,19,26,30H,15-18H2,1H3;3*1H/t19-,26+;2*19-,26-;;;/m010.../s1. The summed E-state index contributed by atoms with van der Waals surface area (Å²) in [6, 6.07) is 63.0. The second-order valence-electron chi connectivity index (χ2n) is 25.2. The molecule has 570 valence electrons. The smallest absolute Gasteiger partial charge is 0.250 e. The highest BCUT2D eigenvalue weighted by Gasteiger charge is 2.40. The molecule has 18 nitrogen and oxygen atoms in total. The molecule has 9 aromatic rings. The predicted molar refractivity (Wildman–Crippen MR) is 425 cm³/mol. The quantitative estimate of drug-likeness (QED) is 0.0579. The molecule has 3 N–H and O–H groups in total. The number of piperazine rings is 3. The van der Waals surface area contributed by atoms with Crippen molar-refractivity contribution in [1.29, 1.82) is 0 Å². The zero-order valence-corrected chi connectivity index (χ0v) is 64.0. The van der Waals surface area contributed by atoms with Crippen LogP contribution in [0.4, 0.5) is 30.2 Å². The SMILES string of the molecule is C[C@@H]1CN(C(=O)[C@@H](c2ccc(F)cc2)N(C(=O)CCl)c2ccc(Oc3ccccc3)cc2)CCN1.C[C@H]1CN(C(=O)[C@@H](c2ccc(F)cc2)N(C(=O)CCl)c2ccc(Oc3ccccc3)cc2)CCN1.C[C@H]1CN(C(=O)[C@H](c2ccc(F)cc2)N(C(=O)CCl)c2ccc(Oc3ccccc3)cc2)CCN1.Cl.Cl.Cl. The minimum absolute atomic E-state index is 0. The third kappa shape index (κ3) is 23.3. The Kier molecular flexibility index (Phi) is 33.7. The first-order chi connectivity index (χ1) is 50.9. The van der Waals surface area contributed by atoms with Gasteiger partial charge in [-0.1, -0.05) is 91.0 Å². The Labute approximate surface area is 660 Å². The van der Waals surface area contributed by atoms with Crippen molar-refractivity contribution in [3.8, 4) is 34.5 Å². The van der Waals surface area contributed by atoms with E-state index < -0.39 is 53.3 Å². The van der Waals surface area contributed by atoms with Crippen LogP contribution in [0.5, 0.6) is 34.5 Å². The molecule has 12 rings (SSSR count). The number of rotatable bonds is 21. The zero-order valence-electron chi connectivity index (χ0n) is 59.3. The number of hydrogen-bond acceptors (Lipinski definition) is 12. The van der Waals surface area contributed by atoms with Crippen LogP contribution < -0.4 is 44.9 Å². The topological polar surface area (TPSA) is 186 Å². The molecule has 0 aromatic heterocycles. The average molecular weight is 1600 g/mol. The molecule has 3 aliphatic heterocycles. The van der Waals surface area contributed by atoms with E-state index in [2.05, 4.69) is 16.0 Å². The van der Waals surface area contributed by atoms with Crippen LogP contribution in [0.3, 0.4) is 0 Å². The van der Waals surface area contributed by atoms with Crippen LogP contribution in [0.2, 0.25) is 0 Å². The number of amides is 6. The van der Waals surface area contributed by atoms with Crippen molar-refractivity contribution >= 4 is 125 Å². The summed E-state index contributed by atoms with van der Waals surface area (Å²) in [5.41, 5.74) is 2.98. The van der Waals surface area contributed by atoms with Crippen LogP contribution in [0.15, 0.2) is 237 Å². The van der Waals surface area contributed by atoms with E-state index in [-0.39, 0.29) is 90.7 Å². The summed E-state index contributed by atoms with van der Waals surface area (Å²) in [4.78, 5) is 90.2. The van der Waals surface area contributed by atoms with E-state index in [1.165, 1.54) is 87.5 Å². The normalized spacial score (nSPS) is 16.0. The number of halogens is 9. The van der Waals surface area contributed by atoms with Crippen LogP contribution >= 0.6 is 72.0 Å². The van der Waals surface area contributed by atoms with Gasteiger partial charge in [-0.15, -0.1) is 72.0 Å². The molecule has 0 spiro atoms. The van der Waals surface area contributed by atoms with E-state index >= 15 is 0 Å². The fourth-order valence-electron chi connectivity index (χ4n) is 12.5. The highest BCUT2D eigenvalue weighted by molar-refractivity contribution is 6.31. The van der Waals surface area contributed by atoms with E-state index in [1.54, 1.807) is 87.5 Å². The number of nitrogens with zero attached hydrogens (tertiary/aromatic N) is 6.